The number of phenols is 4. The van der Waals surface area contributed by atoms with Crippen molar-refractivity contribution in [1.29, 1.82) is 0 Å². The molecule has 2 aromatic carbocycles. The highest BCUT2D eigenvalue weighted by Gasteiger charge is 2.07. The Kier molecular flexibility index (Phi) is 3.98. The second kappa shape index (κ2) is 6.25. The lowest BCUT2D eigenvalue weighted by atomic mass is 10.3. The molecule has 122 valence electrons. The molecule has 0 aliphatic heterocycles. The van der Waals surface area contributed by atoms with Crippen LogP contribution in [-0.4, -0.2) is 25.4 Å². The highest BCUT2D eigenvalue weighted by atomic mass is 16.5. The van der Waals surface area contributed by atoms with Crippen LogP contribution in [0.1, 0.15) is 0 Å². The second-order valence-corrected chi connectivity index (χ2v) is 4.82. The third-order valence-electron chi connectivity index (χ3n) is 3.04. The van der Waals surface area contributed by atoms with Gasteiger partial charge in [0.05, 0.1) is 0 Å². The number of benzene rings is 2. The second-order valence-electron chi connectivity index (χ2n) is 4.82. The van der Waals surface area contributed by atoms with Crippen molar-refractivity contribution >= 4 is 0 Å². The third-order valence-corrected chi connectivity index (χ3v) is 3.04. The summed E-state index contributed by atoms with van der Waals surface area (Å²) in [5.41, 5.74) is 0. The molecule has 0 atom stereocenters. The fourth-order valence-corrected chi connectivity index (χ4v) is 1.88. The Morgan fingerprint density at radius 2 is 1.04 bits per heavy atom. The molecule has 0 aliphatic rings. The fraction of sp³-hybridized carbons (Fsp3) is 0. The monoisotopic (exact) mass is 327 g/mol. The molecule has 1 heterocycles. The van der Waals surface area contributed by atoms with Gasteiger partial charge in [0.25, 0.3) is 0 Å². The summed E-state index contributed by atoms with van der Waals surface area (Å²) in [5.74, 6) is -0.117. The lowest BCUT2D eigenvalue weighted by Crippen LogP contribution is -1.91. The summed E-state index contributed by atoms with van der Waals surface area (Å²) < 4.78 is 11.0. The molecule has 0 radical (unpaired) electrons. The maximum atomic E-state index is 9.46. The van der Waals surface area contributed by atoms with Crippen molar-refractivity contribution in [2.45, 2.75) is 0 Å². The van der Waals surface area contributed by atoms with Crippen LogP contribution in [0.4, 0.5) is 0 Å². The van der Waals surface area contributed by atoms with E-state index in [4.69, 9.17) is 9.47 Å². The molecule has 24 heavy (non-hydrogen) atoms. The summed E-state index contributed by atoms with van der Waals surface area (Å²) in [6.45, 7) is 0. The van der Waals surface area contributed by atoms with E-state index < -0.39 is 0 Å². The Balaban J connectivity index is 1.78. The van der Waals surface area contributed by atoms with Crippen LogP contribution in [-0.2, 0) is 0 Å². The van der Waals surface area contributed by atoms with E-state index >= 15 is 0 Å². The summed E-state index contributed by atoms with van der Waals surface area (Å²) in [4.78, 5) is 4.13. The van der Waals surface area contributed by atoms with E-state index in [-0.39, 0.29) is 46.3 Å². The number of aromatic nitrogens is 1. The van der Waals surface area contributed by atoms with E-state index in [1.54, 1.807) is 18.2 Å². The number of phenolic OH excluding ortho intramolecular Hbond substituents is 4. The average molecular weight is 327 g/mol. The Labute approximate surface area is 136 Å². The summed E-state index contributed by atoms with van der Waals surface area (Å²) >= 11 is 0. The SMILES string of the molecule is Oc1ccc(Oc2cccc(Oc3ccc(O)c(O)c3)n2)cc1O. The summed E-state index contributed by atoms with van der Waals surface area (Å²) in [7, 11) is 0. The zero-order valence-corrected chi connectivity index (χ0v) is 12.2. The first-order valence-electron chi connectivity index (χ1n) is 6.88. The minimum atomic E-state index is -0.306. The molecule has 0 aliphatic carbocycles. The number of aromatic hydroxyl groups is 4. The van der Waals surface area contributed by atoms with Gasteiger partial charge < -0.3 is 29.9 Å². The van der Waals surface area contributed by atoms with Crippen molar-refractivity contribution in [1.82, 2.24) is 4.98 Å². The van der Waals surface area contributed by atoms with Gasteiger partial charge >= 0.3 is 0 Å². The number of ether oxygens (including phenoxy) is 2. The van der Waals surface area contributed by atoms with E-state index in [1.165, 1.54) is 36.4 Å². The quantitative estimate of drug-likeness (QED) is 0.543. The highest BCUT2D eigenvalue weighted by Crippen LogP contribution is 2.33. The van der Waals surface area contributed by atoms with Gasteiger partial charge in [0.2, 0.25) is 11.8 Å². The van der Waals surface area contributed by atoms with Crippen LogP contribution < -0.4 is 9.47 Å². The summed E-state index contributed by atoms with van der Waals surface area (Å²) in [6, 6.07) is 12.9. The van der Waals surface area contributed by atoms with Gasteiger partial charge in [0.1, 0.15) is 11.5 Å². The average Bonchev–Trinajstić information content (AvgIpc) is 2.55. The molecule has 4 N–H and O–H groups in total. The minimum Gasteiger partial charge on any atom is -0.504 e. The maximum absolute atomic E-state index is 9.46. The van der Waals surface area contributed by atoms with Crippen LogP contribution in [0, 0.1) is 0 Å². The van der Waals surface area contributed by atoms with E-state index in [9.17, 15) is 20.4 Å². The van der Waals surface area contributed by atoms with Crippen molar-refractivity contribution in [2.24, 2.45) is 0 Å². The molecular formula is C17H13NO6. The van der Waals surface area contributed by atoms with Gasteiger partial charge in [-0.15, -0.1) is 0 Å². The summed E-state index contributed by atoms with van der Waals surface area (Å²) in [5, 5.41) is 37.5. The van der Waals surface area contributed by atoms with Crippen LogP contribution >= 0.6 is 0 Å². The van der Waals surface area contributed by atoms with Crippen LogP contribution in [0.15, 0.2) is 54.6 Å². The third kappa shape index (κ3) is 3.41. The largest absolute Gasteiger partial charge is 0.504 e. The Morgan fingerprint density at radius 1 is 0.583 bits per heavy atom. The number of hydrogen-bond donors (Lipinski definition) is 4. The standard InChI is InChI=1S/C17H13NO6/c19-12-6-4-10(8-14(12)21)23-16-2-1-3-17(18-16)24-11-5-7-13(20)15(22)9-11/h1-9,19-22H. The normalized spacial score (nSPS) is 10.3. The molecule has 0 bridgehead atoms. The number of rotatable bonds is 4. The lowest BCUT2D eigenvalue weighted by molar-refractivity contribution is 0.390. The zero-order chi connectivity index (χ0) is 17.1. The number of pyridine rings is 1. The smallest absolute Gasteiger partial charge is 0.222 e. The molecule has 0 saturated heterocycles. The van der Waals surface area contributed by atoms with E-state index in [0.717, 1.165) is 0 Å². The first-order chi connectivity index (χ1) is 11.5. The van der Waals surface area contributed by atoms with Crippen molar-refractivity contribution < 1.29 is 29.9 Å². The molecule has 7 nitrogen and oxygen atoms in total. The molecule has 0 spiro atoms. The van der Waals surface area contributed by atoms with Gasteiger partial charge in [0, 0.05) is 24.3 Å². The predicted octanol–water partition coefficient (Wildman–Crippen LogP) is 3.49. The zero-order valence-electron chi connectivity index (χ0n) is 12.2. The summed E-state index contributed by atoms with van der Waals surface area (Å²) in [6.07, 6.45) is 0. The van der Waals surface area contributed by atoms with Crippen LogP contribution in [0.2, 0.25) is 0 Å². The van der Waals surface area contributed by atoms with Crippen molar-refractivity contribution in [3.05, 3.63) is 54.6 Å². The first kappa shape index (κ1) is 15.3. The molecule has 1 aromatic heterocycles. The number of hydrogen-bond acceptors (Lipinski definition) is 7. The fourth-order valence-electron chi connectivity index (χ4n) is 1.88. The number of nitrogens with zero attached hydrogens (tertiary/aromatic N) is 1. The minimum absolute atomic E-state index is 0.209. The molecule has 0 amide bonds. The highest BCUT2D eigenvalue weighted by molar-refractivity contribution is 5.45. The van der Waals surface area contributed by atoms with Gasteiger partial charge in [-0.2, -0.15) is 4.98 Å². The van der Waals surface area contributed by atoms with E-state index in [1.807, 2.05) is 0 Å². The predicted molar refractivity (Wildman–Crippen MR) is 83.9 cm³/mol. The van der Waals surface area contributed by atoms with E-state index in [2.05, 4.69) is 4.98 Å². The molecule has 0 unspecified atom stereocenters. The molecule has 7 heteroatoms. The van der Waals surface area contributed by atoms with Crippen LogP contribution in [0.5, 0.6) is 46.3 Å². The van der Waals surface area contributed by atoms with Crippen molar-refractivity contribution in [2.75, 3.05) is 0 Å². The molecular weight excluding hydrogens is 314 g/mol. The lowest BCUT2D eigenvalue weighted by Gasteiger charge is -2.09. The Hall–Kier alpha value is -3.61. The Morgan fingerprint density at radius 3 is 1.46 bits per heavy atom. The molecule has 3 aromatic rings. The molecule has 0 saturated carbocycles. The van der Waals surface area contributed by atoms with Gasteiger partial charge in [-0.05, 0) is 24.3 Å². The Bertz CT molecular complexity index is 812. The van der Waals surface area contributed by atoms with E-state index in [0.29, 0.717) is 0 Å². The van der Waals surface area contributed by atoms with Gasteiger partial charge in [0.15, 0.2) is 23.0 Å². The molecule has 0 fully saturated rings. The first-order valence-corrected chi connectivity index (χ1v) is 6.88. The van der Waals surface area contributed by atoms with Crippen LogP contribution in [0.25, 0.3) is 0 Å². The maximum Gasteiger partial charge on any atom is 0.222 e. The van der Waals surface area contributed by atoms with Crippen molar-refractivity contribution in [3.63, 3.8) is 0 Å². The molecule has 3 rings (SSSR count). The topological polar surface area (TPSA) is 112 Å². The van der Waals surface area contributed by atoms with Gasteiger partial charge in [-0.25, -0.2) is 0 Å². The van der Waals surface area contributed by atoms with Crippen LogP contribution in [0.3, 0.4) is 0 Å². The van der Waals surface area contributed by atoms with Crippen molar-refractivity contribution in [3.8, 4) is 46.3 Å². The van der Waals surface area contributed by atoms with Gasteiger partial charge in [-0.3, -0.25) is 0 Å². The van der Waals surface area contributed by atoms with Gasteiger partial charge in [-0.1, -0.05) is 6.07 Å².